The van der Waals surface area contributed by atoms with Gasteiger partial charge in [0.25, 0.3) is 0 Å². The molecule has 0 bridgehead atoms. The predicted octanol–water partition coefficient (Wildman–Crippen LogP) is 2.20. The molecule has 0 heterocycles. The minimum atomic E-state index is 0.169. The maximum atomic E-state index is 5.85. The normalized spacial score (nSPS) is 17.4. The Morgan fingerprint density at radius 3 is 2.33 bits per heavy atom. The lowest BCUT2D eigenvalue weighted by molar-refractivity contribution is -0.0455. The van der Waals surface area contributed by atoms with Crippen molar-refractivity contribution in [3.8, 4) is 0 Å². The van der Waals surface area contributed by atoms with Crippen LogP contribution in [0.2, 0.25) is 0 Å². The lowest BCUT2D eigenvalue weighted by atomic mass is 10.1. The molecule has 0 amide bonds. The lowest BCUT2D eigenvalue weighted by Crippen LogP contribution is -2.41. The van der Waals surface area contributed by atoms with E-state index in [1.807, 2.05) is 6.92 Å². The van der Waals surface area contributed by atoms with Crippen LogP contribution >= 0.6 is 0 Å². The second-order valence-corrected chi connectivity index (χ2v) is 4.08. The van der Waals surface area contributed by atoms with E-state index in [4.69, 9.17) is 9.47 Å². The van der Waals surface area contributed by atoms with E-state index >= 15 is 0 Å². The van der Waals surface area contributed by atoms with Crippen molar-refractivity contribution in [1.29, 1.82) is 0 Å². The van der Waals surface area contributed by atoms with Crippen molar-refractivity contribution in [3.63, 3.8) is 0 Å². The highest BCUT2D eigenvalue weighted by molar-refractivity contribution is 4.72. The third kappa shape index (κ3) is 6.88. The van der Waals surface area contributed by atoms with E-state index < -0.39 is 0 Å². The molecule has 92 valence electrons. The molecule has 0 radical (unpaired) electrons. The van der Waals surface area contributed by atoms with Gasteiger partial charge < -0.3 is 14.8 Å². The number of nitrogens with one attached hydrogen (secondary N) is 1. The standard InChI is InChI=1S/C12H27NO2/c1-6-8-13-12(7-2)11(4)15-10(3)9-14-5/h10-13H,6-9H2,1-5H3. The summed E-state index contributed by atoms with van der Waals surface area (Å²) in [6.07, 6.45) is 2.67. The third-order valence-corrected chi connectivity index (χ3v) is 2.51. The smallest absolute Gasteiger partial charge is 0.0784 e. The number of rotatable bonds is 9. The van der Waals surface area contributed by atoms with Crippen LogP contribution in [-0.4, -0.2) is 38.5 Å². The lowest BCUT2D eigenvalue weighted by Gasteiger charge is -2.27. The third-order valence-electron chi connectivity index (χ3n) is 2.51. The Balaban J connectivity index is 3.85. The number of ether oxygens (including phenoxy) is 2. The van der Waals surface area contributed by atoms with Gasteiger partial charge in [0.1, 0.15) is 0 Å². The van der Waals surface area contributed by atoms with Gasteiger partial charge in [0.05, 0.1) is 18.8 Å². The summed E-state index contributed by atoms with van der Waals surface area (Å²) >= 11 is 0. The highest BCUT2D eigenvalue weighted by Crippen LogP contribution is 2.06. The Morgan fingerprint density at radius 1 is 1.20 bits per heavy atom. The van der Waals surface area contributed by atoms with Gasteiger partial charge in [-0.3, -0.25) is 0 Å². The molecule has 1 N–H and O–H groups in total. The average molecular weight is 217 g/mol. The van der Waals surface area contributed by atoms with E-state index in [1.54, 1.807) is 7.11 Å². The van der Waals surface area contributed by atoms with Crippen LogP contribution in [-0.2, 0) is 9.47 Å². The summed E-state index contributed by atoms with van der Waals surface area (Å²) in [5.74, 6) is 0. The molecule has 0 aromatic carbocycles. The molecular weight excluding hydrogens is 190 g/mol. The first kappa shape index (κ1) is 14.9. The molecule has 15 heavy (non-hydrogen) atoms. The molecule has 0 spiro atoms. The number of methoxy groups -OCH3 is 1. The molecule has 0 rings (SSSR count). The SMILES string of the molecule is CCCNC(CC)C(C)OC(C)COC. The van der Waals surface area contributed by atoms with Crippen molar-refractivity contribution in [2.45, 2.75) is 58.8 Å². The Bertz CT molecular complexity index is 142. The van der Waals surface area contributed by atoms with Gasteiger partial charge in [-0.1, -0.05) is 13.8 Å². The van der Waals surface area contributed by atoms with Crippen molar-refractivity contribution in [2.75, 3.05) is 20.3 Å². The molecule has 0 saturated heterocycles. The van der Waals surface area contributed by atoms with Crippen molar-refractivity contribution in [2.24, 2.45) is 0 Å². The fourth-order valence-corrected chi connectivity index (χ4v) is 1.71. The van der Waals surface area contributed by atoms with Gasteiger partial charge in [0.2, 0.25) is 0 Å². The van der Waals surface area contributed by atoms with Crippen LogP contribution in [0.15, 0.2) is 0 Å². The van der Waals surface area contributed by atoms with Gasteiger partial charge in [0, 0.05) is 13.2 Å². The van der Waals surface area contributed by atoms with Crippen LogP contribution in [0, 0.1) is 0 Å². The average Bonchev–Trinajstić information content (AvgIpc) is 2.19. The van der Waals surface area contributed by atoms with Crippen molar-refractivity contribution < 1.29 is 9.47 Å². The van der Waals surface area contributed by atoms with Gasteiger partial charge in [-0.05, 0) is 33.2 Å². The molecule has 0 aliphatic carbocycles. The van der Waals surface area contributed by atoms with E-state index in [9.17, 15) is 0 Å². The van der Waals surface area contributed by atoms with Crippen LogP contribution in [0.4, 0.5) is 0 Å². The van der Waals surface area contributed by atoms with Crippen LogP contribution < -0.4 is 5.32 Å². The molecule has 0 fully saturated rings. The fraction of sp³-hybridized carbons (Fsp3) is 1.00. The summed E-state index contributed by atoms with van der Waals surface area (Å²) in [7, 11) is 1.71. The van der Waals surface area contributed by atoms with E-state index in [1.165, 1.54) is 0 Å². The molecule has 0 saturated carbocycles. The van der Waals surface area contributed by atoms with Crippen LogP contribution in [0.5, 0.6) is 0 Å². The first-order valence-electron chi connectivity index (χ1n) is 6.03. The van der Waals surface area contributed by atoms with E-state index in [0.717, 1.165) is 19.4 Å². The second-order valence-electron chi connectivity index (χ2n) is 4.08. The summed E-state index contributed by atoms with van der Waals surface area (Å²) in [6.45, 7) is 10.3. The largest absolute Gasteiger partial charge is 0.382 e. The number of hydrogen-bond donors (Lipinski definition) is 1. The molecule has 0 aliphatic heterocycles. The minimum absolute atomic E-state index is 0.169. The molecule has 3 unspecified atom stereocenters. The van der Waals surface area contributed by atoms with E-state index in [2.05, 4.69) is 26.1 Å². The summed E-state index contributed by atoms with van der Waals surface area (Å²) in [4.78, 5) is 0. The summed E-state index contributed by atoms with van der Waals surface area (Å²) in [5.41, 5.74) is 0. The highest BCUT2D eigenvalue weighted by Gasteiger charge is 2.17. The van der Waals surface area contributed by atoms with Crippen LogP contribution in [0.25, 0.3) is 0 Å². The van der Waals surface area contributed by atoms with E-state index in [-0.39, 0.29) is 12.2 Å². The Labute approximate surface area is 94.5 Å². The topological polar surface area (TPSA) is 30.5 Å². The zero-order valence-electron chi connectivity index (χ0n) is 10.9. The minimum Gasteiger partial charge on any atom is -0.382 e. The molecule has 0 aromatic rings. The summed E-state index contributed by atoms with van der Waals surface area (Å²) in [5, 5.41) is 3.50. The molecule has 0 aliphatic rings. The Kier molecular flexibility index (Phi) is 9.06. The Hall–Kier alpha value is -0.120. The summed E-state index contributed by atoms with van der Waals surface area (Å²) in [6, 6.07) is 0.448. The summed E-state index contributed by atoms with van der Waals surface area (Å²) < 4.78 is 10.9. The van der Waals surface area contributed by atoms with Crippen LogP contribution in [0.1, 0.15) is 40.5 Å². The quantitative estimate of drug-likeness (QED) is 0.642. The van der Waals surface area contributed by atoms with Crippen molar-refractivity contribution in [1.82, 2.24) is 5.32 Å². The Morgan fingerprint density at radius 2 is 1.87 bits per heavy atom. The molecule has 0 aromatic heterocycles. The van der Waals surface area contributed by atoms with Crippen molar-refractivity contribution >= 4 is 0 Å². The van der Waals surface area contributed by atoms with Gasteiger partial charge in [-0.2, -0.15) is 0 Å². The first-order valence-corrected chi connectivity index (χ1v) is 6.03. The predicted molar refractivity (Wildman–Crippen MR) is 64.3 cm³/mol. The number of hydrogen-bond acceptors (Lipinski definition) is 3. The first-order chi connectivity index (χ1) is 7.15. The van der Waals surface area contributed by atoms with Gasteiger partial charge in [-0.15, -0.1) is 0 Å². The maximum Gasteiger partial charge on any atom is 0.0784 e. The zero-order chi connectivity index (χ0) is 11.7. The van der Waals surface area contributed by atoms with E-state index in [0.29, 0.717) is 12.6 Å². The highest BCUT2D eigenvalue weighted by atomic mass is 16.5. The van der Waals surface area contributed by atoms with Gasteiger partial charge >= 0.3 is 0 Å². The zero-order valence-corrected chi connectivity index (χ0v) is 10.9. The van der Waals surface area contributed by atoms with Crippen molar-refractivity contribution in [3.05, 3.63) is 0 Å². The monoisotopic (exact) mass is 217 g/mol. The van der Waals surface area contributed by atoms with Gasteiger partial charge in [0.15, 0.2) is 0 Å². The molecule has 3 atom stereocenters. The van der Waals surface area contributed by atoms with Crippen LogP contribution in [0.3, 0.4) is 0 Å². The molecule has 3 nitrogen and oxygen atoms in total. The van der Waals surface area contributed by atoms with Gasteiger partial charge in [-0.25, -0.2) is 0 Å². The molecule has 3 heteroatoms. The second kappa shape index (κ2) is 9.13. The maximum absolute atomic E-state index is 5.85. The molecular formula is C12H27NO2. The fourth-order valence-electron chi connectivity index (χ4n) is 1.71.